The number of hydrogen-bond donors (Lipinski definition) is 1. The molecule has 0 amide bonds. The van der Waals surface area contributed by atoms with Gasteiger partial charge in [-0.3, -0.25) is 4.57 Å². The molecule has 0 aromatic heterocycles. The minimum atomic E-state index is -3.42. The van der Waals surface area contributed by atoms with Crippen LogP contribution in [0.15, 0.2) is 12.1 Å². The zero-order valence-corrected chi connectivity index (χ0v) is 10.6. The van der Waals surface area contributed by atoms with Crippen molar-refractivity contribution < 1.29 is 13.6 Å². The summed E-state index contributed by atoms with van der Waals surface area (Å²) < 4.78 is 21.6. The number of halogens is 2. The van der Waals surface area contributed by atoms with Crippen LogP contribution in [0.5, 0.6) is 0 Å². The van der Waals surface area contributed by atoms with Crippen LogP contribution in [0.25, 0.3) is 0 Å². The van der Waals surface area contributed by atoms with E-state index in [-0.39, 0.29) is 16.0 Å². The smallest absolute Gasteiger partial charge is 0.362 e. The molecule has 0 aliphatic rings. The number of hydrogen-bond acceptors (Lipinski definition) is 4. The minimum absolute atomic E-state index is 0.146. The molecule has 0 radical (unpaired) electrons. The molecule has 0 aliphatic heterocycles. The highest BCUT2D eigenvalue weighted by atomic mass is 35.5. The van der Waals surface area contributed by atoms with Crippen LogP contribution in [0.2, 0.25) is 10.0 Å². The molecule has 0 saturated heterocycles. The second kappa shape index (κ2) is 4.73. The van der Waals surface area contributed by atoms with Crippen LogP contribution in [0.3, 0.4) is 0 Å². The normalized spacial score (nSPS) is 11.7. The quantitative estimate of drug-likeness (QED) is 0.677. The molecule has 0 aliphatic carbocycles. The van der Waals surface area contributed by atoms with Crippen molar-refractivity contribution in [1.82, 2.24) is 0 Å². The van der Waals surface area contributed by atoms with E-state index in [0.717, 1.165) is 0 Å². The number of benzene rings is 1. The van der Waals surface area contributed by atoms with Gasteiger partial charge in [0.25, 0.3) is 0 Å². The Bertz CT molecular complexity index is 417. The fourth-order valence-electron chi connectivity index (χ4n) is 1.07. The summed E-state index contributed by atoms with van der Waals surface area (Å²) in [4.78, 5) is 0. The summed E-state index contributed by atoms with van der Waals surface area (Å²) in [5.74, 6) is 0. The Balaban J connectivity index is 3.43. The Kier molecular flexibility index (Phi) is 4.04. The highest BCUT2D eigenvalue weighted by Crippen LogP contribution is 2.48. The first-order valence-corrected chi connectivity index (χ1v) is 6.21. The van der Waals surface area contributed by atoms with Gasteiger partial charge in [0.1, 0.15) is 0 Å². The molecule has 84 valence electrons. The van der Waals surface area contributed by atoms with Gasteiger partial charge >= 0.3 is 7.60 Å². The number of nitrogens with two attached hydrogens (primary N) is 1. The van der Waals surface area contributed by atoms with Crippen LogP contribution in [-0.2, 0) is 13.6 Å². The van der Waals surface area contributed by atoms with E-state index in [1.54, 1.807) is 0 Å². The van der Waals surface area contributed by atoms with Crippen molar-refractivity contribution in [3.8, 4) is 0 Å². The zero-order valence-electron chi connectivity index (χ0n) is 8.16. The van der Waals surface area contributed by atoms with E-state index in [2.05, 4.69) is 0 Å². The third-order valence-corrected chi connectivity index (χ3v) is 4.30. The van der Waals surface area contributed by atoms with E-state index in [0.29, 0.717) is 5.02 Å². The number of nitrogen functional groups attached to an aromatic ring is 1. The lowest BCUT2D eigenvalue weighted by Crippen LogP contribution is -2.13. The molecule has 1 rings (SSSR count). The van der Waals surface area contributed by atoms with Gasteiger partial charge in [-0.05, 0) is 12.1 Å². The molecule has 7 heteroatoms. The summed E-state index contributed by atoms with van der Waals surface area (Å²) in [5, 5.41) is 0.704. The maximum atomic E-state index is 12.0. The molecular weight excluding hydrogens is 260 g/mol. The van der Waals surface area contributed by atoms with E-state index in [4.69, 9.17) is 38.0 Å². The Labute approximate surface area is 97.8 Å². The standard InChI is InChI=1S/C8H10Cl2NO3P/c1-13-15(12,14-2)7-4-5(9)3-6(10)8(7)11/h3-4H,11H2,1-2H3. The molecular formula is C8H10Cl2NO3P. The van der Waals surface area contributed by atoms with Gasteiger partial charge in [-0.15, -0.1) is 0 Å². The van der Waals surface area contributed by atoms with E-state index < -0.39 is 7.60 Å². The van der Waals surface area contributed by atoms with Gasteiger partial charge in [0.2, 0.25) is 0 Å². The van der Waals surface area contributed by atoms with Crippen LogP contribution >= 0.6 is 30.8 Å². The maximum Gasteiger partial charge on any atom is 0.362 e. The van der Waals surface area contributed by atoms with Gasteiger partial charge in [-0.2, -0.15) is 0 Å². The van der Waals surface area contributed by atoms with Gasteiger partial charge in [0.05, 0.1) is 16.0 Å². The van der Waals surface area contributed by atoms with Crippen LogP contribution in [-0.4, -0.2) is 14.2 Å². The van der Waals surface area contributed by atoms with E-state index in [9.17, 15) is 4.57 Å². The molecule has 15 heavy (non-hydrogen) atoms. The summed E-state index contributed by atoms with van der Waals surface area (Å²) in [7, 11) is -0.894. The number of rotatable bonds is 3. The van der Waals surface area contributed by atoms with Crippen LogP contribution in [0.1, 0.15) is 0 Å². The molecule has 0 heterocycles. The second-order valence-corrected chi connectivity index (χ2v) is 5.73. The third kappa shape index (κ3) is 2.47. The van der Waals surface area contributed by atoms with Crippen LogP contribution in [0, 0.1) is 0 Å². The lowest BCUT2D eigenvalue weighted by Gasteiger charge is -2.16. The third-order valence-electron chi connectivity index (χ3n) is 1.85. The molecule has 0 bridgehead atoms. The van der Waals surface area contributed by atoms with Gasteiger partial charge < -0.3 is 14.8 Å². The fourth-order valence-corrected chi connectivity index (χ4v) is 2.96. The topological polar surface area (TPSA) is 61.5 Å². The highest BCUT2D eigenvalue weighted by molar-refractivity contribution is 7.62. The van der Waals surface area contributed by atoms with Crippen LogP contribution in [0.4, 0.5) is 5.69 Å². The summed E-state index contributed by atoms with van der Waals surface area (Å²) in [6.07, 6.45) is 0. The van der Waals surface area contributed by atoms with Gasteiger partial charge in [0.15, 0.2) is 0 Å². The molecule has 0 unspecified atom stereocenters. The molecule has 4 nitrogen and oxygen atoms in total. The molecule has 0 saturated carbocycles. The summed E-state index contributed by atoms with van der Waals surface area (Å²) in [6.45, 7) is 0. The molecule has 1 aromatic rings. The number of anilines is 1. The lowest BCUT2D eigenvalue weighted by molar-refractivity contribution is 0.287. The molecule has 0 spiro atoms. The Hall–Kier alpha value is -0.250. The highest BCUT2D eigenvalue weighted by Gasteiger charge is 2.28. The monoisotopic (exact) mass is 269 g/mol. The van der Waals surface area contributed by atoms with Crippen molar-refractivity contribution in [1.29, 1.82) is 0 Å². The predicted octanol–water partition coefficient (Wildman–Crippen LogP) is 2.69. The first-order valence-electron chi connectivity index (χ1n) is 3.91. The molecule has 0 atom stereocenters. The van der Waals surface area contributed by atoms with Crippen molar-refractivity contribution in [3.05, 3.63) is 22.2 Å². The van der Waals surface area contributed by atoms with Gasteiger partial charge in [0, 0.05) is 19.2 Å². The summed E-state index contributed by atoms with van der Waals surface area (Å²) in [5.41, 5.74) is 5.81. The average molecular weight is 270 g/mol. The Morgan fingerprint density at radius 1 is 1.27 bits per heavy atom. The van der Waals surface area contributed by atoms with Crippen molar-refractivity contribution in [2.24, 2.45) is 0 Å². The molecule has 0 fully saturated rings. The van der Waals surface area contributed by atoms with Crippen molar-refractivity contribution in [2.75, 3.05) is 20.0 Å². The van der Waals surface area contributed by atoms with Crippen LogP contribution < -0.4 is 11.0 Å². The van der Waals surface area contributed by atoms with Crippen molar-refractivity contribution in [2.45, 2.75) is 0 Å². The molecule has 2 N–H and O–H groups in total. The summed E-state index contributed by atoms with van der Waals surface area (Å²) in [6, 6.07) is 2.87. The Morgan fingerprint density at radius 3 is 2.27 bits per heavy atom. The molecule has 1 aromatic carbocycles. The zero-order chi connectivity index (χ0) is 11.6. The maximum absolute atomic E-state index is 12.0. The largest absolute Gasteiger partial charge is 0.397 e. The lowest BCUT2D eigenvalue weighted by atomic mass is 10.3. The fraction of sp³-hybridized carbons (Fsp3) is 0.250. The second-order valence-electron chi connectivity index (χ2n) is 2.68. The summed E-state index contributed by atoms with van der Waals surface area (Å²) >= 11 is 11.6. The SMILES string of the molecule is COP(=O)(OC)c1cc(Cl)cc(Cl)c1N. The van der Waals surface area contributed by atoms with Crippen molar-refractivity contribution >= 4 is 41.8 Å². The van der Waals surface area contributed by atoms with E-state index >= 15 is 0 Å². The minimum Gasteiger partial charge on any atom is -0.397 e. The first kappa shape index (κ1) is 12.8. The van der Waals surface area contributed by atoms with E-state index in [1.807, 2.05) is 0 Å². The van der Waals surface area contributed by atoms with Crippen molar-refractivity contribution in [3.63, 3.8) is 0 Å². The van der Waals surface area contributed by atoms with Gasteiger partial charge in [-0.1, -0.05) is 23.2 Å². The van der Waals surface area contributed by atoms with Gasteiger partial charge in [-0.25, -0.2) is 0 Å². The van der Waals surface area contributed by atoms with E-state index in [1.165, 1.54) is 26.4 Å². The first-order chi connectivity index (χ1) is 6.94. The average Bonchev–Trinajstić information content (AvgIpc) is 2.22. The predicted molar refractivity (Wildman–Crippen MR) is 62.1 cm³/mol. The Morgan fingerprint density at radius 2 is 1.80 bits per heavy atom.